The van der Waals surface area contributed by atoms with Crippen molar-refractivity contribution in [2.75, 3.05) is 6.54 Å². The van der Waals surface area contributed by atoms with Crippen LogP contribution < -0.4 is 0 Å². The lowest BCUT2D eigenvalue weighted by molar-refractivity contribution is 0.245. The largest absolute Gasteiger partial charge is 0.507 e. The number of nitrogens with zero attached hydrogens (tertiary/aromatic N) is 3. The zero-order valence-electron chi connectivity index (χ0n) is 16.2. The summed E-state index contributed by atoms with van der Waals surface area (Å²) >= 11 is 6.07. The third-order valence-corrected chi connectivity index (χ3v) is 5.85. The highest BCUT2D eigenvalue weighted by molar-refractivity contribution is 6.32. The Labute approximate surface area is 179 Å². The fourth-order valence-electron chi connectivity index (χ4n) is 4.03. The van der Waals surface area contributed by atoms with Crippen LogP contribution in [0.5, 0.6) is 11.5 Å². The molecule has 30 heavy (non-hydrogen) atoms. The van der Waals surface area contributed by atoms with E-state index in [0.717, 1.165) is 36.5 Å². The van der Waals surface area contributed by atoms with Crippen LogP contribution in [0.25, 0.3) is 16.9 Å². The lowest BCUT2D eigenvalue weighted by Gasteiger charge is -2.27. The fraction of sp³-hybridized carbons (Fsp3) is 0.174. The smallest absolute Gasteiger partial charge is 0.137 e. The summed E-state index contributed by atoms with van der Waals surface area (Å²) in [6, 6.07) is 15.4. The van der Waals surface area contributed by atoms with Crippen molar-refractivity contribution < 1.29 is 10.2 Å². The Morgan fingerprint density at radius 2 is 1.87 bits per heavy atom. The van der Waals surface area contributed by atoms with Crippen LogP contribution in [-0.4, -0.2) is 36.4 Å². The molecule has 6 nitrogen and oxygen atoms in total. The molecule has 0 radical (unpaired) electrons. The van der Waals surface area contributed by atoms with Crippen LogP contribution in [0, 0.1) is 0 Å². The molecule has 0 saturated heterocycles. The summed E-state index contributed by atoms with van der Waals surface area (Å²) in [6.45, 7) is 2.46. The van der Waals surface area contributed by atoms with Crippen molar-refractivity contribution in [3.63, 3.8) is 0 Å². The Balaban J connectivity index is 1.40. The van der Waals surface area contributed by atoms with Gasteiger partial charge in [0.05, 0.1) is 5.02 Å². The number of aromatic amines is 1. The summed E-state index contributed by atoms with van der Waals surface area (Å²) in [5.74, 6) is -0.186. The first-order chi connectivity index (χ1) is 14.6. The van der Waals surface area contributed by atoms with E-state index in [2.05, 4.69) is 43.9 Å². The number of phenols is 2. The average Bonchev–Trinajstić information content (AvgIpc) is 3.41. The van der Waals surface area contributed by atoms with Crippen LogP contribution in [0.4, 0.5) is 0 Å². The number of nitrogens with one attached hydrogen (secondary N) is 1. The van der Waals surface area contributed by atoms with Gasteiger partial charge in [-0.2, -0.15) is 5.10 Å². The number of rotatable bonds is 4. The minimum absolute atomic E-state index is 0.0391. The van der Waals surface area contributed by atoms with E-state index in [9.17, 15) is 10.2 Å². The molecular weight excluding hydrogens is 400 g/mol. The maximum Gasteiger partial charge on any atom is 0.137 e. The highest BCUT2D eigenvalue weighted by Gasteiger charge is 2.24. The number of halogens is 1. The number of H-pyrrole nitrogens is 1. The van der Waals surface area contributed by atoms with Gasteiger partial charge in [0.15, 0.2) is 0 Å². The molecule has 5 rings (SSSR count). The van der Waals surface area contributed by atoms with Crippen molar-refractivity contribution in [2.24, 2.45) is 0 Å². The number of hydrogen-bond acceptors (Lipinski definition) is 4. The normalized spacial score (nSPS) is 14.0. The predicted molar refractivity (Wildman–Crippen MR) is 116 cm³/mol. The molecule has 4 aromatic rings. The van der Waals surface area contributed by atoms with Crippen LogP contribution in [-0.2, 0) is 19.5 Å². The van der Waals surface area contributed by atoms with Crippen LogP contribution in [0.2, 0.25) is 5.02 Å². The van der Waals surface area contributed by atoms with E-state index in [-0.39, 0.29) is 16.5 Å². The molecule has 7 heteroatoms. The Hall–Kier alpha value is -3.22. The summed E-state index contributed by atoms with van der Waals surface area (Å²) in [5.41, 5.74) is 5.71. The Kier molecular flexibility index (Phi) is 4.73. The van der Waals surface area contributed by atoms with Crippen LogP contribution in [0.15, 0.2) is 60.9 Å². The molecule has 152 valence electrons. The second-order valence-electron chi connectivity index (χ2n) is 7.57. The second-order valence-corrected chi connectivity index (χ2v) is 7.98. The molecule has 0 fully saturated rings. The molecule has 0 unspecified atom stereocenters. The minimum atomic E-state index is -0.147. The SMILES string of the molecule is Oc1cc(O)c(-c2n[nH]c3c2CN(Cc2cccc(-n4cccc4)c2)CC3)cc1Cl. The van der Waals surface area contributed by atoms with Gasteiger partial charge in [0.2, 0.25) is 0 Å². The summed E-state index contributed by atoms with van der Waals surface area (Å²) in [7, 11) is 0. The Morgan fingerprint density at radius 1 is 1.03 bits per heavy atom. The van der Waals surface area contributed by atoms with Crippen LogP contribution in [0.3, 0.4) is 0 Å². The first-order valence-corrected chi connectivity index (χ1v) is 10.2. The summed E-state index contributed by atoms with van der Waals surface area (Å²) in [5, 5.41) is 27.8. The van der Waals surface area contributed by atoms with Gasteiger partial charge in [-0.05, 0) is 35.9 Å². The van der Waals surface area contributed by atoms with Gasteiger partial charge in [-0.25, -0.2) is 0 Å². The van der Waals surface area contributed by atoms with Gasteiger partial charge in [0, 0.05) is 67.0 Å². The van der Waals surface area contributed by atoms with Crippen molar-refractivity contribution in [1.82, 2.24) is 19.7 Å². The van der Waals surface area contributed by atoms with Gasteiger partial charge >= 0.3 is 0 Å². The standard InChI is InChI=1S/C23H21ClN4O2/c24-19-11-17(21(29)12-22(19)30)23-18-14-27(9-6-20(18)25-26-23)13-15-4-3-5-16(10-15)28-7-1-2-8-28/h1-5,7-8,10-12,29-30H,6,9,13-14H2,(H,25,26). The van der Waals surface area contributed by atoms with Crippen LogP contribution in [0.1, 0.15) is 16.8 Å². The quantitative estimate of drug-likeness (QED) is 0.454. The highest BCUT2D eigenvalue weighted by atomic mass is 35.5. The van der Waals surface area contributed by atoms with Gasteiger partial charge in [-0.3, -0.25) is 10.00 Å². The molecular formula is C23H21ClN4O2. The van der Waals surface area contributed by atoms with Crippen molar-refractivity contribution in [1.29, 1.82) is 0 Å². The van der Waals surface area contributed by atoms with Crippen LogP contribution >= 0.6 is 11.6 Å². The van der Waals surface area contributed by atoms with Crippen molar-refractivity contribution in [3.05, 3.63) is 82.8 Å². The van der Waals surface area contributed by atoms with Gasteiger partial charge in [-0.15, -0.1) is 0 Å². The van der Waals surface area contributed by atoms with Gasteiger partial charge < -0.3 is 14.8 Å². The number of phenolic OH excluding ortho intramolecular Hbond substituents is 2. The highest BCUT2D eigenvalue weighted by Crippen LogP contribution is 2.39. The first kappa shape index (κ1) is 18.8. The van der Waals surface area contributed by atoms with Crippen molar-refractivity contribution >= 4 is 11.6 Å². The van der Waals surface area contributed by atoms with E-state index in [0.29, 0.717) is 17.8 Å². The lowest BCUT2D eigenvalue weighted by Crippen LogP contribution is -2.30. The molecule has 2 aromatic heterocycles. The molecule has 1 aliphatic heterocycles. The Morgan fingerprint density at radius 3 is 2.70 bits per heavy atom. The summed E-state index contributed by atoms with van der Waals surface area (Å²) < 4.78 is 2.10. The Bertz CT molecular complexity index is 1200. The van der Waals surface area contributed by atoms with E-state index in [1.54, 1.807) is 6.07 Å². The molecule has 3 heterocycles. The zero-order chi connectivity index (χ0) is 20.7. The van der Waals surface area contributed by atoms with E-state index in [1.807, 2.05) is 24.5 Å². The van der Waals surface area contributed by atoms with E-state index in [1.165, 1.54) is 11.6 Å². The van der Waals surface area contributed by atoms with E-state index >= 15 is 0 Å². The molecule has 0 saturated carbocycles. The number of fused-ring (bicyclic) bond motifs is 1. The molecule has 0 amide bonds. The topological polar surface area (TPSA) is 77.3 Å². The molecule has 2 aromatic carbocycles. The van der Waals surface area contributed by atoms with Gasteiger partial charge in [0.25, 0.3) is 0 Å². The summed E-state index contributed by atoms with van der Waals surface area (Å²) in [4.78, 5) is 2.37. The molecule has 3 N–H and O–H groups in total. The lowest BCUT2D eigenvalue weighted by atomic mass is 9.99. The first-order valence-electron chi connectivity index (χ1n) is 9.81. The summed E-state index contributed by atoms with van der Waals surface area (Å²) in [6.07, 6.45) is 4.94. The minimum Gasteiger partial charge on any atom is -0.507 e. The molecule has 1 aliphatic rings. The fourth-order valence-corrected chi connectivity index (χ4v) is 4.19. The third kappa shape index (κ3) is 3.44. The van der Waals surface area contributed by atoms with E-state index in [4.69, 9.17) is 11.6 Å². The number of hydrogen-bond donors (Lipinski definition) is 3. The maximum atomic E-state index is 10.3. The van der Waals surface area contributed by atoms with Crippen molar-refractivity contribution in [2.45, 2.75) is 19.5 Å². The molecule has 0 bridgehead atoms. The molecule has 0 atom stereocenters. The van der Waals surface area contributed by atoms with Crippen molar-refractivity contribution in [3.8, 4) is 28.4 Å². The molecule has 0 spiro atoms. The average molecular weight is 421 g/mol. The third-order valence-electron chi connectivity index (χ3n) is 5.55. The monoisotopic (exact) mass is 420 g/mol. The zero-order valence-corrected chi connectivity index (χ0v) is 17.0. The van der Waals surface area contributed by atoms with Gasteiger partial charge in [-0.1, -0.05) is 23.7 Å². The maximum absolute atomic E-state index is 10.3. The van der Waals surface area contributed by atoms with Gasteiger partial charge in [0.1, 0.15) is 17.2 Å². The second kappa shape index (κ2) is 7.55. The van der Waals surface area contributed by atoms with E-state index < -0.39 is 0 Å². The molecule has 0 aliphatic carbocycles. The number of benzene rings is 2. The number of aromatic nitrogens is 3. The number of aromatic hydroxyl groups is 2. The predicted octanol–water partition coefficient (Wildman–Crippen LogP) is 4.49.